The third kappa shape index (κ3) is 6.89. The summed E-state index contributed by atoms with van der Waals surface area (Å²) in [6.45, 7) is 8.10. The molecule has 0 saturated carbocycles. The number of hydrogen-bond acceptors (Lipinski definition) is 4. The number of amides is 2. The lowest BCUT2D eigenvalue weighted by molar-refractivity contribution is -0.137. The van der Waals surface area contributed by atoms with Gasteiger partial charge in [0.05, 0.1) is 11.6 Å². The minimum atomic E-state index is -4.55. The molecular weight excluding hydrogens is 387 g/mol. The van der Waals surface area contributed by atoms with E-state index in [1.54, 1.807) is 34.6 Å². The molecule has 0 aliphatic rings. The van der Waals surface area contributed by atoms with Crippen LogP contribution in [0.3, 0.4) is 0 Å². The van der Waals surface area contributed by atoms with E-state index in [1.165, 1.54) is 0 Å². The fourth-order valence-electron chi connectivity index (χ4n) is 1.85. The van der Waals surface area contributed by atoms with Crippen LogP contribution in [0.5, 0.6) is 5.88 Å². The number of ether oxygens (including phenoxy) is 1. The van der Waals surface area contributed by atoms with Crippen molar-refractivity contribution in [3.63, 3.8) is 0 Å². The third-order valence-electron chi connectivity index (χ3n) is 3.51. The van der Waals surface area contributed by atoms with E-state index in [0.29, 0.717) is 6.20 Å². The molecule has 0 unspecified atom stereocenters. The van der Waals surface area contributed by atoms with Gasteiger partial charge in [0.2, 0.25) is 17.7 Å². The average Bonchev–Trinajstić information content (AvgIpc) is 2.52. The van der Waals surface area contributed by atoms with E-state index in [0.717, 1.165) is 6.07 Å². The second-order valence-electron chi connectivity index (χ2n) is 6.96. The Morgan fingerprint density at radius 1 is 1.26 bits per heavy atom. The highest BCUT2D eigenvalue weighted by atomic mass is 35.5. The lowest BCUT2D eigenvalue weighted by atomic mass is 10.0. The van der Waals surface area contributed by atoms with Gasteiger partial charge >= 0.3 is 6.18 Å². The van der Waals surface area contributed by atoms with Crippen LogP contribution in [0.2, 0.25) is 5.02 Å². The largest absolute Gasteiger partial charge is 0.474 e. The molecule has 27 heavy (non-hydrogen) atoms. The molecule has 0 radical (unpaired) electrons. The van der Waals surface area contributed by atoms with E-state index in [2.05, 4.69) is 15.6 Å². The monoisotopic (exact) mass is 409 g/mol. The minimum absolute atomic E-state index is 0.0714. The highest BCUT2D eigenvalue weighted by Crippen LogP contribution is 2.33. The maximum absolute atomic E-state index is 12.6. The molecule has 1 atom stereocenters. The van der Waals surface area contributed by atoms with E-state index >= 15 is 0 Å². The molecule has 152 valence electrons. The minimum Gasteiger partial charge on any atom is -0.474 e. The van der Waals surface area contributed by atoms with E-state index in [-0.39, 0.29) is 29.3 Å². The SMILES string of the molecule is CC(C)C(=O)NC(C)(C)C(=O)N[C@H](C)COc1ncc(C(F)(F)F)cc1Cl. The molecule has 1 rings (SSSR count). The predicted molar refractivity (Wildman–Crippen MR) is 94.4 cm³/mol. The smallest absolute Gasteiger partial charge is 0.417 e. The summed E-state index contributed by atoms with van der Waals surface area (Å²) in [5, 5.41) is 5.01. The van der Waals surface area contributed by atoms with Crippen molar-refractivity contribution in [2.24, 2.45) is 5.92 Å². The van der Waals surface area contributed by atoms with Crippen molar-refractivity contribution in [2.75, 3.05) is 6.61 Å². The van der Waals surface area contributed by atoms with Crippen molar-refractivity contribution in [1.82, 2.24) is 15.6 Å². The quantitative estimate of drug-likeness (QED) is 0.724. The number of alkyl halides is 3. The lowest BCUT2D eigenvalue weighted by Crippen LogP contribution is -2.57. The van der Waals surface area contributed by atoms with Crippen LogP contribution in [0.1, 0.15) is 40.2 Å². The van der Waals surface area contributed by atoms with Crippen molar-refractivity contribution >= 4 is 23.4 Å². The van der Waals surface area contributed by atoms with Crippen molar-refractivity contribution < 1.29 is 27.5 Å². The second kappa shape index (κ2) is 8.77. The van der Waals surface area contributed by atoms with Crippen LogP contribution in [-0.2, 0) is 15.8 Å². The zero-order valence-corrected chi connectivity index (χ0v) is 16.5. The molecule has 0 aromatic carbocycles. The molecule has 2 N–H and O–H groups in total. The first-order chi connectivity index (χ1) is 12.2. The summed E-state index contributed by atoms with van der Waals surface area (Å²) < 4.78 is 43.1. The van der Waals surface area contributed by atoms with E-state index < -0.39 is 29.2 Å². The fourth-order valence-corrected chi connectivity index (χ4v) is 2.07. The zero-order chi connectivity index (χ0) is 21.0. The number of aromatic nitrogens is 1. The highest BCUT2D eigenvalue weighted by molar-refractivity contribution is 6.31. The molecule has 10 heteroatoms. The topological polar surface area (TPSA) is 80.3 Å². The molecule has 0 fully saturated rings. The molecule has 6 nitrogen and oxygen atoms in total. The number of pyridine rings is 1. The number of hydrogen-bond donors (Lipinski definition) is 2. The number of carbonyl (C=O) groups excluding carboxylic acids is 2. The Kier molecular flexibility index (Phi) is 7.48. The van der Waals surface area contributed by atoms with Crippen LogP contribution < -0.4 is 15.4 Å². The number of nitrogens with one attached hydrogen (secondary N) is 2. The van der Waals surface area contributed by atoms with E-state index in [4.69, 9.17) is 16.3 Å². The maximum Gasteiger partial charge on any atom is 0.417 e. The van der Waals surface area contributed by atoms with Gasteiger partial charge < -0.3 is 15.4 Å². The Bertz CT molecular complexity index is 694. The van der Waals surface area contributed by atoms with Crippen molar-refractivity contribution in [3.8, 4) is 5.88 Å². The molecular formula is C17H23ClF3N3O3. The van der Waals surface area contributed by atoms with Crippen LogP contribution >= 0.6 is 11.6 Å². The number of carbonyl (C=O) groups is 2. The summed E-state index contributed by atoms with van der Waals surface area (Å²) in [5.41, 5.74) is -2.12. The van der Waals surface area contributed by atoms with Crippen LogP contribution in [0.4, 0.5) is 13.2 Å². The molecule has 2 amide bonds. The van der Waals surface area contributed by atoms with Crippen molar-refractivity contribution in [3.05, 3.63) is 22.8 Å². The lowest BCUT2D eigenvalue weighted by Gasteiger charge is -2.28. The number of nitrogens with zero attached hydrogens (tertiary/aromatic N) is 1. The summed E-state index contributed by atoms with van der Waals surface area (Å²) in [5.74, 6) is -1.14. The predicted octanol–water partition coefficient (Wildman–Crippen LogP) is 3.19. The van der Waals surface area contributed by atoms with Gasteiger partial charge in [-0.05, 0) is 26.8 Å². The van der Waals surface area contributed by atoms with Crippen LogP contribution in [0.15, 0.2) is 12.3 Å². The molecule has 1 aromatic heterocycles. The van der Waals surface area contributed by atoms with Crippen LogP contribution in [0, 0.1) is 5.92 Å². The summed E-state index contributed by atoms with van der Waals surface area (Å²) in [7, 11) is 0. The maximum atomic E-state index is 12.6. The summed E-state index contributed by atoms with van der Waals surface area (Å²) >= 11 is 5.76. The summed E-state index contributed by atoms with van der Waals surface area (Å²) in [4.78, 5) is 27.7. The molecule has 1 aromatic rings. The van der Waals surface area contributed by atoms with E-state index in [9.17, 15) is 22.8 Å². The van der Waals surface area contributed by atoms with Gasteiger partial charge in [0, 0.05) is 12.1 Å². The Balaban J connectivity index is 2.64. The normalized spacial score (nSPS) is 13.3. The Hall–Kier alpha value is -2.03. The first-order valence-corrected chi connectivity index (χ1v) is 8.60. The van der Waals surface area contributed by atoms with Gasteiger partial charge in [-0.15, -0.1) is 0 Å². The molecule has 0 bridgehead atoms. The van der Waals surface area contributed by atoms with Gasteiger partial charge in [-0.2, -0.15) is 13.2 Å². The van der Waals surface area contributed by atoms with E-state index in [1.807, 2.05) is 0 Å². The Morgan fingerprint density at radius 2 is 1.85 bits per heavy atom. The average molecular weight is 410 g/mol. The van der Waals surface area contributed by atoms with Gasteiger partial charge in [-0.25, -0.2) is 4.98 Å². The first-order valence-electron chi connectivity index (χ1n) is 8.22. The van der Waals surface area contributed by atoms with Gasteiger partial charge in [0.1, 0.15) is 17.2 Å². The summed E-state index contributed by atoms with van der Waals surface area (Å²) in [6, 6.07) is 0.213. The Labute approximate surface area is 160 Å². The van der Waals surface area contributed by atoms with Crippen LogP contribution in [0.25, 0.3) is 0 Å². The molecule has 0 aliphatic heterocycles. The molecule has 1 heterocycles. The van der Waals surface area contributed by atoms with Crippen molar-refractivity contribution in [2.45, 2.75) is 52.4 Å². The number of rotatable bonds is 7. The number of halogens is 4. The zero-order valence-electron chi connectivity index (χ0n) is 15.7. The van der Waals surface area contributed by atoms with Gasteiger partial charge in [0.15, 0.2) is 0 Å². The second-order valence-corrected chi connectivity index (χ2v) is 7.37. The van der Waals surface area contributed by atoms with Gasteiger partial charge in [-0.1, -0.05) is 25.4 Å². The molecule has 0 aliphatic carbocycles. The van der Waals surface area contributed by atoms with Gasteiger partial charge in [-0.3, -0.25) is 9.59 Å². The molecule has 0 spiro atoms. The summed E-state index contributed by atoms with van der Waals surface area (Å²) in [6.07, 6.45) is -3.93. The van der Waals surface area contributed by atoms with Gasteiger partial charge in [0.25, 0.3) is 0 Å². The molecule has 0 saturated heterocycles. The first kappa shape index (κ1) is 23.0. The van der Waals surface area contributed by atoms with Crippen molar-refractivity contribution in [1.29, 1.82) is 0 Å². The third-order valence-corrected chi connectivity index (χ3v) is 3.78. The standard InChI is InChI=1S/C17H23ClF3N3O3/c1-9(2)13(25)24-16(4,5)15(26)23-10(3)8-27-14-12(18)6-11(7-22-14)17(19,20)21/h6-7,9-10H,8H2,1-5H3,(H,23,26)(H,24,25)/t10-/m1/s1. The van der Waals surface area contributed by atoms with Crippen LogP contribution in [-0.4, -0.2) is 35.0 Å². The Morgan fingerprint density at radius 3 is 2.33 bits per heavy atom. The fraction of sp³-hybridized carbons (Fsp3) is 0.588. The highest BCUT2D eigenvalue weighted by Gasteiger charge is 2.32.